The summed E-state index contributed by atoms with van der Waals surface area (Å²) in [5.74, 6) is 0.199. The molecule has 1 unspecified atom stereocenters. The molecule has 0 N–H and O–H groups in total. The maximum atomic E-state index is 13.0. The number of hydrogen-bond donors (Lipinski definition) is 0. The second-order valence-electron chi connectivity index (χ2n) is 7.74. The lowest BCUT2D eigenvalue weighted by Crippen LogP contribution is -2.50. The summed E-state index contributed by atoms with van der Waals surface area (Å²) >= 11 is 0. The summed E-state index contributed by atoms with van der Waals surface area (Å²) in [5, 5.41) is 0. The van der Waals surface area contributed by atoms with Crippen molar-refractivity contribution in [3.8, 4) is 0 Å². The van der Waals surface area contributed by atoms with Gasteiger partial charge in [-0.3, -0.25) is 14.6 Å². The van der Waals surface area contributed by atoms with Crippen LogP contribution in [0.3, 0.4) is 0 Å². The number of rotatable bonds is 4. The van der Waals surface area contributed by atoms with E-state index in [0.29, 0.717) is 43.5 Å². The molecule has 0 radical (unpaired) electrons. The highest BCUT2D eigenvalue weighted by Crippen LogP contribution is 2.27. The molecule has 2 aromatic rings. The Labute approximate surface area is 171 Å². The van der Waals surface area contributed by atoms with Crippen molar-refractivity contribution in [3.63, 3.8) is 0 Å². The summed E-state index contributed by atoms with van der Waals surface area (Å²) in [6.07, 6.45) is 9.76. The SMILES string of the molecule is CCC1CCCCN1c1cncc(C(=O)N2CCN(C(=O)c3ccco3)CC2)c1. The van der Waals surface area contributed by atoms with Gasteiger partial charge < -0.3 is 19.1 Å². The molecule has 29 heavy (non-hydrogen) atoms. The van der Waals surface area contributed by atoms with E-state index in [0.717, 1.165) is 18.7 Å². The number of pyridine rings is 1. The van der Waals surface area contributed by atoms with Gasteiger partial charge in [0.15, 0.2) is 5.76 Å². The van der Waals surface area contributed by atoms with Crippen molar-refractivity contribution in [2.24, 2.45) is 0 Å². The zero-order valence-corrected chi connectivity index (χ0v) is 16.9. The number of anilines is 1. The van der Waals surface area contributed by atoms with E-state index < -0.39 is 0 Å². The number of amides is 2. The van der Waals surface area contributed by atoms with Crippen molar-refractivity contribution in [1.82, 2.24) is 14.8 Å². The summed E-state index contributed by atoms with van der Waals surface area (Å²) in [6, 6.07) is 5.87. The highest BCUT2D eigenvalue weighted by atomic mass is 16.3. The van der Waals surface area contributed by atoms with Crippen LogP contribution in [-0.2, 0) is 0 Å². The first-order valence-corrected chi connectivity index (χ1v) is 10.5. The zero-order valence-electron chi connectivity index (χ0n) is 16.9. The lowest BCUT2D eigenvalue weighted by atomic mass is 9.99. The smallest absolute Gasteiger partial charge is 0.289 e. The van der Waals surface area contributed by atoms with Gasteiger partial charge in [-0.1, -0.05) is 6.92 Å². The number of nitrogens with zero attached hydrogens (tertiary/aromatic N) is 4. The molecule has 2 amide bonds. The fourth-order valence-electron chi connectivity index (χ4n) is 4.32. The maximum Gasteiger partial charge on any atom is 0.289 e. The molecule has 0 spiro atoms. The third-order valence-corrected chi connectivity index (χ3v) is 5.99. The molecule has 7 nitrogen and oxygen atoms in total. The van der Waals surface area contributed by atoms with E-state index in [-0.39, 0.29) is 11.8 Å². The van der Waals surface area contributed by atoms with Gasteiger partial charge in [0.05, 0.1) is 23.7 Å². The van der Waals surface area contributed by atoms with Gasteiger partial charge in [-0.05, 0) is 43.9 Å². The molecule has 2 fully saturated rings. The summed E-state index contributed by atoms with van der Waals surface area (Å²) in [7, 11) is 0. The van der Waals surface area contributed by atoms with Crippen LogP contribution in [0.5, 0.6) is 0 Å². The molecule has 154 valence electrons. The standard InChI is InChI=1S/C22H28N4O3/c1-2-18-6-3-4-8-26(18)19-14-17(15-23-16-19)21(27)24-9-11-25(12-10-24)22(28)20-7-5-13-29-20/h5,7,13-16,18H,2-4,6,8-12H2,1H3. The highest BCUT2D eigenvalue weighted by Gasteiger charge is 2.28. The van der Waals surface area contributed by atoms with Crippen LogP contribution in [-0.4, -0.2) is 65.4 Å². The van der Waals surface area contributed by atoms with Crippen LogP contribution in [0.15, 0.2) is 41.3 Å². The lowest BCUT2D eigenvalue weighted by molar-refractivity contribution is 0.0518. The molecule has 2 aliphatic heterocycles. The maximum absolute atomic E-state index is 13.0. The Balaban J connectivity index is 1.41. The molecular weight excluding hydrogens is 368 g/mol. The largest absolute Gasteiger partial charge is 0.459 e. The molecule has 2 saturated heterocycles. The minimum atomic E-state index is -0.124. The van der Waals surface area contributed by atoms with Crippen LogP contribution in [0.25, 0.3) is 0 Å². The summed E-state index contributed by atoms with van der Waals surface area (Å²) < 4.78 is 5.20. The first-order chi connectivity index (χ1) is 14.2. The number of piperidine rings is 1. The third kappa shape index (κ3) is 4.13. The van der Waals surface area contributed by atoms with Gasteiger partial charge >= 0.3 is 0 Å². The second-order valence-corrected chi connectivity index (χ2v) is 7.74. The molecule has 7 heteroatoms. The van der Waals surface area contributed by atoms with Crippen LogP contribution >= 0.6 is 0 Å². The Bertz CT molecular complexity index is 844. The molecular formula is C22H28N4O3. The molecule has 2 aromatic heterocycles. The van der Waals surface area contributed by atoms with Crippen molar-refractivity contribution >= 4 is 17.5 Å². The first-order valence-electron chi connectivity index (χ1n) is 10.5. The summed E-state index contributed by atoms with van der Waals surface area (Å²) in [6.45, 7) is 5.26. The van der Waals surface area contributed by atoms with Crippen LogP contribution in [0.4, 0.5) is 5.69 Å². The van der Waals surface area contributed by atoms with Gasteiger partial charge in [-0.25, -0.2) is 0 Å². The summed E-state index contributed by atoms with van der Waals surface area (Å²) in [4.78, 5) is 35.7. The van der Waals surface area contributed by atoms with E-state index in [1.165, 1.54) is 25.5 Å². The third-order valence-electron chi connectivity index (χ3n) is 5.99. The quantitative estimate of drug-likeness (QED) is 0.794. The van der Waals surface area contributed by atoms with Crippen molar-refractivity contribution in [1.29, 1.82) is 0 Å². The van der Waals surface area contributed by atoms with Crippen molar-refractivity contribution in [3.05, 3.63) is 48.2 Å². The minimum Gasteiger partial charge on any atom is -0.459 e. The average Bonchev–Trinajstić information content (AvgIpc) is 3.33. The highest BCUT2D eigenvalue weighted by molar-refractivity contribution is 5.95. The first kappa shape index (κ1) is 19.5. The van der Waals surface area contributed by atoms with Crippen LogP contribution in [0.1, 0.15) is 53.5 Å². The number of aromatic nitrogens is 1. The van der Waals surface area contributed by atoms with Crippen molar-refractivity contribution < 1.29 is 14.0 Å². The number of carbonyl (C=O) groups excluding carboxylic acids is 2. The fourth-order valence-corrected chi connectivity index (χ4v) is 4.32. The van der Waals surface area contributed by atoms with Gasteiger partial charge in [-0.2, -0.15) is 0 Å². The Morgan fingerprint density at radius 1 is 1.07 bits per heavy atom. The van der Waals surface area contributed by atoms with Gasteiger partial charge in [0.1, 0.15) is 0 Å². The van der Waals surface area contributed by atoms with E-state index in [1.807, 2.05) is 12.3 Å². The van der Waals surface area contributed by atoms with Crippen LogP contribution < -0.4 is 4.90 Å². The van der Waals surface area contributed by atoms with Gasteiger partial charge in [0, 0.05) is 45.0 Å². The molecule has 0 saturated carbocycles. The predicted octanol–water partition coefficient (Wildman–Crippen LogP) is 3.04. The second kappa shape index (κ2) is 8.68. The van der Waals surface area contributed by atoms with E-state index in [4.69, 9.17) is 4.42 Å². The number of furan rings is 1. The lowest BCUT2D eigenvalue weighted by Gasteiger charge is -2.37. The number of piperazine rings is 1. The topological polar surface area (TPSA) is 69.9 Å². The monoisotopic (exact) mass is 396 g/mol. The molecule has 2 aliphatic rings. The summed E-state index contributed by atoms with van der Waals surface area (Å²) in [5.41, 5.74) is 1.66. The Hall–Kier alpha value is -2.83. The molecule has 4 heterocycles. The fraction of sp³-hybridized carbons (Fsp3) is 0.500. The van der Waals surface area contributed by atoms with E-state index in [1.54, 1.807) is 28.1 Å². The van der Waals surface area contributed by atoms with Crippen LogP contribution in [0, 0.1) is 0 Å². The Morgan fingerprint density at radius 2 is 1.83 bits per heavy atom. The average molecular weight is 396 g/mol. The molecule has 4 rings (SSSR count). The van der Waals surface area contributed by atoms with E-state index in [9.17, 15) is 9.59 Å². The molecule has 0 aromatic carbocycles. The Morgan fingerprint density at radius 3 is 2.52 bits per heavy atom. The van der Waals surface area contributed by atoms with Crippen molar-refractivity contribution in [2.45, 2.75) is 38.6 Å². The molecule has 0 aliphatic carbocycles. The number of hydrogen-bond acceptors (Lipinski definition) is 5. The van der Waals surface area contributed by atoms with Gasteiger partial charge in [0.25, 0.3) is 11.8 Å². The van der Waals surface area contributed by atoms with Gasteiger partial charge in [0.2, 0.25) is 0 Å². The normalized spacial score (nSPS) is 20.0. The van der Waals surface area contributed by atoms with Crippen LogP contribution in [0.2, 0.25) is 0 Å². The van der Waals surface area contributed by atoms with Crippen molar-refractivity contribution in [2.75, 3.05) is 37.6 Å². The number of carbonyl (C=O) groups is 2. The zero-order chi connectivity index (χ0) is 20.2. The Kier molecular flexibility index (Phi) is 5.83. The minimum absolute atomic E-state index is 0.0190. The predicted molar refractivity (Wildman–Crippen MR) is 110 cm³/mol. The molecule has 0 bridgehead atoms. The van der Waals surface area contributed by atoms with E-state index in [2.05, 4.69) is 16.8 Å². The van der Waals surface area contributed by atoms with Gasteiger partial charge in [-0.15, -0.1) is 0 Å². The molecule has 1 atom stereocenters. The van der Waals surface area contributed by atoms with E-state index >= 15 is 0 Å².